The maximum atomic E-state index is 11.0. The number of piperazine rings is 1. The SMILES string of the molecule is Cc1ccc(Sc2ccccc2N2CCNCC2)c(C)c1.O=S(=O)([O-])c1cccc2c(S(=O)(=O)[O-])cccc12. The van der Waals surface area contributed by atoms with Crippen LogP contribution in [0.3, 0.4) is 0 Å². The first kappa shape index (κ1) is 29.1. The summed E-state index contributed by atoms with van der Waals surface area (Å²) in [4.78, 5) is 4.09. The van der Waals surface area contributed by atoms with Crippen LogP contribution in [0.5, 0.6) is 0 Å². The van der Waals surface area contributed by atoms with Crippen LogP contribution in [0.25, 0.3) is 10.8 Å². The van der Waals surface area contributed by atoms with Gasteiger partial charge in [-0.1, -0.05) is 65.9 Å². The summed E-state index contributed by atoms with van der Waals surface area (Å²) in [5, 5.41) is 3.26. The minimum absolute atomic E-state index is 0.0792. The summed E-state index contributed by atoms with van der Waals surface area (Å²) in [6.07, 6.45) is 0. The van der Waals surface area contributed by atoms with Gasteiger partial charge in [-0.05, 0) is 49.7 Å². The van der Waals surface area contributed by atoms with E-state index in [2.05, 4.69) is 66.5 Å². The Labute approximate surface area is 233 Å². The highest BCUT2D eigenvalue weighted by atomic mass is 32.2. The van der Waals surface area contributed by atoms with Gasteiger partial charge in [0.15, 0.2) is 0 Å². The summed E-state index contributed by atoms with van der Waals surface area (Å²) in [5.41, 5.74) is 4.05. The first-order valence-corrected chi connectivity index (χ1v) is 15.8. The van der Waals surface area contributed by atoms with Gasteiger partial charge in [0.2, 0.25) is 0 Å². The number of nitrogens with one attached hydrogen (secondary N) is 1. The lowest BCUT2D eigenvalue weighted by atomic mass is 10.1. The third kappa shape index (κ3) is 7.18. The van der Waals surface area contributed by atoms with Crippen molar-refractivity contribution in [3.05, 3.63) is 90.0 Å². The van der Waals surface area contributed by atoms with Crippen molar-refractivity contribution in [1.29, 1.82) is 0 Å². The predicted molar refractivity (Wildman–Crippen MR) is 151 cm³/mol. The average Bonchev–Trinajstić information content (AvgIpc) is 2.90. The zero-order valence-electron chi connectivity index (χ0n) is 21.5. The molecule has 0 saturated carbocycles. The highest BCUT2D eigenvalue weighted by molar-refractivity contribution is 7.99. The largest absolute Gasteiger partial charge is 0.744 e. The summed E-state index contributed by atoms with van der Waals surface area (Å²) in [6.45, 7) is 8.67. The van der Waals surface area contributed by atoms with E-state index in [1.54, 1.807) is 0 Å². The van der Waals surface area contributed by atoms with E-state index >= 15 is 0 Å². The van der Waals surface area contributed by atoms with Crippen molar-refractivity contribution in [1.82, 2.24) is 5.32 Å². The molecule has 1 saturated heterocycles. The van der Waals surface area contributed by atoms with E-state index in [0.29, 0.717) is 0 Å². The Morgan fingerprint density at radius 3 is 1.82 bits per heavy atom. The van der Waals surface area contributed by atoms with Crippen molar-refractivity contribution in [2.24, 2.45) is 0 Å². The van der Waals surface area contributed by atoms with Gasteiger partial charge in [0.1, 0.15) is 20.2 Å². The Kier molecular flexibility index (Phi) is 9.00. The van der Waals surface area contributed by atoms with E-state index in [-0.39, 0.29) is 10.8 Å². The van der Waals surface area contributed by atoms with Crippen LogP contribution in [0.1, 0.15) is 11.1 Å². The van der Waals surface area contributed by atoms with Gasteiger partial charge in [0.25, 0.3) is 0 Å². The molecule has 5 rings (SSSR count). The van der Waals surface area contributed by atoms with Crippen molar-refractivity contribution in [2.45, 2.75) is 33.4 Å². The van der Waals surface area contributed by atoms with Crippen LogP contribution in [0.4, 0.5) is 5.69 Å². The van der Waals surface area contributed by atoms with E-state index in [0.717, 1.165) is 38.3 Å². The molecule has 1 aliphatic rings. The van der Waals surface area contributed by atoms with Gasteiger partial charge in [-0.15, -0.1) is 0 Å². The van der Waals surface area contributed by atoms with E-state index < -0.39 is 30.0 Å². The molecule has 0 aromatic heterocycles. The second-order valence-electron chi connectivity index (χ2n) is 9.09. The predicted octanol–water partition coefficient (Wildman–Crippen LogP) is 4.51. The minimum Gasteiger partial charge on any atom is -0.744 e. The number of hydrogen-bond acceptors (Lipinski definition) is 9. The van der Waals surface area contributed by atoms with Crippen LogP contribution in [0, 0.1) is 13.8 Å². The molecule has 0 spiro atoms. The normalized spacial score (nSPS) is 14.1. The fourth-order valence-corrected chi connectivity index (χ4v) is 6.86. The molecule has 0 atom stereocenters. The van der Waals surface area contributed by atoms with Gasteiger partial charge in [0.05, 0.1) is 15.5 Å². The molecule has 39 heavy (non-hydrogen) atoms. The number of fused-ring (bicyclic) bond motifs is 1. The molecule has 11 heteroatoms. The van der Waals surface area contributed by atoms with Crippen LogP contribution in [0.2, 0.25) is 0 Å². The number of hydrogen-bond donors (Lipinski definition) is 1. The van der Waals surface area contributed by atoms with Crippen molar-refractivity contribution in [2.75, 3.05) is 31.1 Å². The van der Waals surface area contributed by atoms with Gasteiger partial charge in [0, 0.05) is 46.7 Å². The average molecular weight is 585 g/mol. The molecule has 1 N–H and O–H groups in total. The second kappa shape index (κ2) is 12.1. The number of para-hydroxylation sites is 1. The highest BCUT2D eigenvalue weighted by Gasteiger charge is 2.15. The molecule has 0 amide bonds. The van der Waals surface area contributed by atoms with Gasteiger partial charge in [-0.3, -0.25) is 0 Å². The summed E-state index contributed by atoms with van der Waals surface area (Å²) >= 11 is 1.88. The molecular formula is C28H28N2O6S3-2. The Balaban J connectivity index is 0.000000183. The lowest BCUT2D eigenvalue weighted by Crippen LogP contribution is -2.43. The Morgan fingerprint density at radius 2 is 1.28 bits per heavy atom. The Bertz CT molecular complexity index is 1630. The summed E-state index contributed by atoms with van der Waals surface area (Å²) in [5.74, 6) is 0. The molecule has 206 valence electrons. The van der Waals surface area contributed by atoms with Gasteiger partial charge >= 0.3 is 0 Å². The zero-order chi connectivity index (χ0) is 28.2. The topological polar surface area (TPSA) is 130 Å². The number of aryl methyl sites for hydroxylation is 2. The fourth-order valence-electron chi connectivity index (χ4n) is 4.43. The maximum absolute atomic E-state index is 11.0. The monoisotopic (exact) mass is 584 g/mol. The molecular weight excluding hydrogens is 557 g/mol. The number of benzene rings is 4. The number of anilines is 1. The Hall–Kier alpha value is -2.93. The molecule has 0 bridgehead atoms. The van der Waals surface area contributed by atoms with Crippen LogP contribution in [-0.4, -0.2) is 52.1 Å². The molecule has 4 aromatic rings. The standard InChI is InChI=1S/C18H22N2S.C10H8O6S2/c1-14-7-8-17(15(2)13-14)21-18-6-4-3-5-16(18)20-11-9-19-10-12-20;11-17(12,13)9-5-1-3-7-8(9)4-2-6-10(7)18(14,15)16/h3-8,13,19H,9-12H2,1-2H3;1-6H,(H,11,12,13)(H,14,15,16)/p-2. The third-order valence-corrected chi connectivity index (χ3v) is 9.29. The molecule has 1 heterocycles. The van der Waals surface area contributed by atoms with Crippen molar-refractivity contribution < 1.29 is 25.9 Å². The maximum Gasteiger partial charge on any atom is 0.125 e. The number of nitrogens with zero attached hydrogens (tertiary/aromatic N) is 1. The number of rotatable bonds is 5. The molecule has 0 radical (unpaired) electrons. The van der Waals surface area contributed by atoms with Gasteiger partial charge in [-0.25, -0.2) is 16.8 Å². The van der Waals surface area contributed by atoms with Crippen LogP contribution in [-0.2, 0) is 20.2 Å². The lowest BCUT2D eigenvalue weighted by Gasteiger charge is -2.31. The van der Waals surface area contributed by atoms with E-state index in [1.807, 2.05) is 11.8 Å². The van der Waals surface area contributed by atoms with E-state index in [1.165, 1.54) is 50.9 Å². The second-order valence-corrected chi connectivity index (χ2v) is 12.9. The van der Waals surface area contributed by atoms with Crippen LogP contribution >= 0.6 is 11.8 Å². The smallest absolute Gasteiger partial charge is 0.125 e. The molecule has 8 nitrogen and oxygen atoms in total. The van der Waals surface area contributed by atoms with Crippen LogP contribution in [0.15, 0.2) is 98.4 Å². The lowest BCUT2D eigenvalue weighted by molar-refractivity contribution is 0.461. The molecule has 4 aromatic carbocycles. The molecule has 0 aliphatic carbocycles. The quantitative estimate of drug-likeness (QED) is 0.337. The molecule has 0 unspecified atom stereocenters. The molecule has 1 fully saturated rings. The van der Waals surface area contributed by atoms with E-state index in [9.17, 15) is 25.9 Å². The third-order valence-electron chi connectivity index (χ3n) is 6.25. The first-order chi connectivity index (χ1) is 18.4. The van der Waals surface area contributed by atoms with E-state index in [4.69, 9.17) is 0 Å². The summed E-state index contributed by atoms with van der Waals surface area (Å²) in [6, 6.07) is 22.5. The van der Waals surface area contributed by atoms with Gasteiger partial charge in [-0.2, -0.15) is 0 Å². The van der Waals surface area contributed by atoms with Crippen molar-refractivity contribution >= 4 is 48.5 Å². The zero-order valence-corrected chi connectivity index (χ0v) is 23.9. The minimum atomic E-state index is -4.74. The fraction of sp³-hybridized carbons (Fsp3) is 0.214. The highest BCUT2D eigenvalue weighted by Crippen LogP contribution is 2.37. The first-order valence-electron chi connectivity index (χ1n) is 12.2. The van der Waals surface area contributed by atoms with Crippen LogP contribution < -0.4 is 10.2 Å². The van der Waals surface area contributed by atoms with Gasteiger partial charge < -0.3 is 19.3 Å². The summed E-state index contributed by atoms with van der Waals surface area (Å²) in [7, 11) is -9.48. The summed E-state index contributed by atoms with van der Waals surface area (Å²) < 4.78 is 66.1. The van der Waals surface area contributed by atoms with Crippen molar-refractivity contribution in [3.8, 4) is 0 Å². The van der Waals surface area contributed by atoms with Crippen molar-refractivity contribution in [3.63, 3.8) is 0 Å². The Morgan fingerprint density at radius 1 is 0.718 bits per heavy atom. The molecule has 1 aliphatic heterocycles.